The van der Waals surface area contributed by atoms with Gasteiger partial charge in [-0.2, -0.15) is 16.8 Å². The Labute approximate surface area is 360 Å². The molecule has 7 N–H and O–H groups in total. The number of aryl methyl sites for hydroxylation is 2. The van der Waals surface area contributed by atoms with Crippen LogP contribution in [0.4, 0.5) is 11.6 Å². The Morgan fingerprint density at radius 1 is 0.661 bits per heavy atom. The van der Waals surface area contributed by atoms with Crippen LogP contribution in [-0.4, -0.2) is 70.3 Å². The van der Waals surface area contributed by atoms with E-state index in [1.807, 2.05) is 16.8 Å². The molecule has 0 aliphatic heterocycles. The molecule has 8 atom stereocenters. The summed E-state index contributed by atoms with van der Waals surface area (Å²) in [6.45, 7) is 2.12. The molecule has 62 heavy (non-hydrogen) atoms. The predicted octanol–water partition coefficient (Wildman–Crippen LogP) is 5.40. The molecule has 328 valence electrons. The molecule has 4 aliphatic carbocycles. The molecule has 10 rings (SSSR count). The van der Waals surface area contributed by atoms with Gasteiger partial charge in [-0.15, -0.1) is 0 Å². The van der Waals surface area contributed by atoms with Crippen molar-refractivity contribution in [2.24, 2.45) is 28.0 Å². The quantitative estimate of drug-likeness (QED) is 0.104. The van der Waals surface area contributed by atoms with Gasteiger partial charge in [0.05, 0.1) is 42.2 Å². The summed E-state index contributed by atoms with van der Waals surface area (Å²) in [5, 5.41) is 29.4. The third kappa shape index (κ3) is 9.06. The molecule has 0 bridgehead atoms. The van der Waals surface area contributed by atoms with Crippen LogP contribution in [0.2, 0.25) is 0 Å². The molecule has 4 aliphatic rings. The third-order valence-corrected chi connectivity index (χ3v) is 14.2. The first kappa shape index (κ1) is 42.3. The number of hydrogen-bond donors (Lipinski definition) is 5. The fraction of sp³-hybridized carbons (Fsp3) is 0.442. The van der Waals surface area contributed by atoms with E-state index in [0.29, 0.717) is 18.8 Å². The zero-order valence-electron chi connectivity index (χ0n) is 34.3. The Kier molecular flexibility index (Phi) is 11.8. The minimum Gasteiger partial charge on any atom is -0.393 e. The number of fused-ring (bicyclic) bond motifs is 4. The molecular formula is C43H52N10O7S2. The molecule has 2 fully saturated rings. The number of aliphatic hydroxyl groups excluding tert-OH is 1. The molecular weight excluding hydrogens is 833 g/mol. The van der Waals surface area contributed by atoms with E-state index in [2.05, 4.69) is 103 Å². The fourth-order valence-electron chi connectivity index (χ4n) is 10.1. The standard InChI is InChI=1S/C22H27N5O3S.C21H25N5O4S/c1-14-10-17(11-16(14)12-30-31(23,28)29)27-9-8-19-21(24-13-25-22(19)27)26-20-7-6-15-4-2-3-5-18(15)20;22-31(28,29)30-11-14-9-15(10-19(14)27)26-8-7-17-20(23-12-24-21(17)26)25-18-6-5-13-3-1-2-4-16(13)18/h2-5,8-9,13-14,16-17,20H,6-7,10-12H2,1H3,(H2,23,28,29)(H,24,25,26);1-4,7-8,12,14-15,18-19,27H,5-6,9-11H2,(H2,22,28,29)(H,23,24,25)/t14?,16-,17-,20?;14-,15+,18?,19?/m00/s1. The van der Waals surface area contributed by atoms with E-state index in [4.69, 9.17) is 18.6 Å². The highest BCUT2D eigenvalue weighted by Crippen LogP contribution is 2.43. The molecule has 2 aromatic carbocycles. The molecule has 4 unspecified atom stereocenters. The van der Waals surface area contributed by atoms with E-state index in [1.54, 1.807) is 12.7 Å². The maximum atomic E-state index is 11.2. The number of nitrogens with two attached hydrogens (primary N) is 2. The Morgan fingerprint density at radius 3 is 1.65 bits per heavy atom. The van der Waals surface area contributed by atoms with Gasteiger partial charge in [0.25, 0.3) is 0 Å². The second-order valence-corrected chi connectivity index (χ2v) is 19.5. The minimum absolute atomic E-state index is 0.0171. The normalized spacial score (nSPS) is 25.7. The van der Waals surface area contributed by atoms with Crippen molar-refractivity contribution in [3.63, 3.8) is 0 Å². The van der Waals surface area contributed by atoms with Gasteiger partial charge >= 0.3 is 20.6 Å². The van der Waals surface area contributed by atoms with Crippen LogP contribution >= 0.6 is 0 Å². The van der Waals surface area contributed by atoms with Crippen molar-refractivity contribution in [2.45, 2.75) is 88.6 Å². The largest absolute Gasteiger partial charge is 0.393 e. The van der Waals surface area contributed by atoms with Crippen LogP contribution in [0.15, 0.2) is 85.7 Å². The van der Waals surface area contributed by atoms with Gasteiger partial charge in [0.1, 0.15) is 35.6 Å². The number of rotatable bonds is 12. The van der Waals surface area contributed by atoms with E-state index < -0.39 is 26.7 Å². The lowest BCUT2D eigenvalue weighted by atomic mass is 10.00. The number of benzene rings is 2. The molecule has 0 spiro atoms. The molecule has 17 nitrogen and oxygen atoms in total. The maximum absolute atomic E-state index is 11.2. The SMILES string of the molecule is CC1C[C@H](n2ccc3c(NC4CCc5ccccc54)ncnc32)C[C@H]1COS(N)(=O)=O.NS(=O)(=O)OC[C@@H]1C[C@@H](n2ccc3c(NC4CCc5ccccc54)ncnc32)CC1O. The predicted molar refractivity (Wildman–Crippen MR) is 234 cm³/mol. The van der Waals surface area contributed by atoms with E-state index >= 15 is 0 Å². The number of aliphatic hydroxyl groups is 1. The lowest BCUT2D eigenvalue weighted by Gasteiger charge is -2.17. The van der Waals surface area contributed by atoms with Crippen LogP contribution in [0.5, 0.6) is 0 Å². The summed E-state index contributed by atoms with van der Waals surface area (Å²) < 4.78 is 58.3. The van der Waals surface area contributed by atoms with Gasteiger partial charge in [-0.3, -0.25) is 8.37 Å². The first-order valence-corrected chi connectivity index (χ1v) is 24.1. The number of aromatic nitrogens is 6. The molecule has 2 saturated carbocycles. The lowest BCUT2D eigenvalue weighted by Crippen LogP contribution is -2.24. The fourth-order valence-corrected chi connectivity index (χ4v) is 10.8. The van der Waals surface area contributed by atoms with Crippen LogP contribution in [0.1, 0.15) is 91.9 Å². The van der Waals surface area contributed by atoms with Crippen molar-refractivity contribution in [1.29, 1.82) is 0 Å². The van der Waals surface area contributed by atoms with Crippen molar-refractivity contribution in [1.82, 2.24) is 29.1 Å². The van der Waals surface area contributed by atoms with Crippen molar-refractivity contribution < 1.29 is 30.3 Å². The third-order valence-electron chi connectivity index (χ3n) is 13.2. The van der Waals surface area contributed by atoms with Crippen LogP contribution in [0, 0.1) is 17.8 Å². The summed E-state index contributed by atoms with van der Waals surface area (Å²) in [5.41, 5.74) is 7.11. The van der Waals surface area contributed by atoms with E-state index in [9.17, 15) is 21.9 Å². The smallest absolute Gasteiger partial charge is 0.333 e. The van der Waals surface area contributed by atoms with Crippen LogP contribution in [-0.2, 0) is 41.8 Å². The number of hydrogen-bond acceptors (Lipinski definition) is 13. The highest BCUT2D eigenvalue weighted by atomic mass is 32.2. The molecule has 4 aromatic heterocycles. The average molecular weight is 885 g/mol. The molecule has 0 amide bonds. The monoisotopic (exact) mass is 884 g/mol. The molecule has 6 aromatic rings. The minimum atomic E-state index is -4.03. The number of nitrogens with zero attached hydrogens (tertiary/aromatic N) is 6. The topological polar surface area (TPSA) is 244 Å². The molecule has 19 heteroatoms. The van der Waals surface area contributed by atoms with Crippen molar-refractivity contribution >= 4 is 54.3 Å². The van der Waals surface area contributed by atoms with Gasteiger partial charge in [0.15, 0.2) is 0 Å². The van der Waals surface area contributed by atoms with Crippen molar-refractivity contribution in [2.75, 3.05) is 23.8 Å². The average Bonchev–Trinajstić information content (AvgIpc) is 4.11. The first-order valence-electron chi connectivity index (χ1n) is 21.1. The Balaban J connectivity index is 0.000000158. The van der Waals surface area contributed by atoms with Gasteiger partial charge in [-0.1, -0.05) is 55.5 Å². The van der Waals surface area contributed by atoms with Gasteiger partial charge < -0.3 is 24.9 Å². The highest BCUT2D eigenvalue weighted by Gasteiger charge is 2.37. The van der Waals surface area contributed by atoms with Crippen LogP contribution in [0.3, 0.4) is 0 Å². The first-order chi connectivity index (χ1) is 29.8. The summed E-state index contributed by atoms with van der Waals surface area (Å²) in [6.07, 6.45) is 13.5. The van der Waals surface area contributed by atoms with Crippen molar-refractivity contribution in [3.8, 4) is 0 Å². The summed E-state index contributed by atoms with van der Waals surface area (Å²) in [7, 11) is -7.94. The summed E-state index contributed by atoms with van der Waals surface area (Å²) >= 11 is 0. The molecule has 0 radical (unpaired) electrons. The Bertz CT molecular complexity index is 2610. The maximum Gasteiger partial charge on any atom is 0.333 e. The van der Waals surface area contributed by atoms with Gasteiger partial charge in [-0.25, -0.2) is 30.2 Å². The second kappa shape index (κ2) is 17.3. The van der Waals surface area contributed by atoms with Crippen LogP contribution in [0.25, 0.3) is 22.1 Å². The van der Waals surface area contributed by atoms with E-state index in [1.165, 1.54) is 22.3 Å². The summed E-state index contributed by atoms with van der Waals surface area (Å²) in [4.78, 5) is 18.1. The second-order valence-electron chi connectivity index (χ2n) is 17.1. The number of nitrogens with one attached hydrogen (secondary N) is 2. The van der Waals surface area contributed by atoms with E-state index in [-0.39, 0.29) is 49.2 Å². The Hall–Kier alpha value is -5.02. The zero-order valence-corrected chi connectivity index (χ0v) is 36.0. The van der Waals surface area contributed by atoms with E-state index in [0.717, 1.165) is 72.2 Å². The van der Waals surface area contributed by atoms with Gasteiger partial charge in [-0.05, 0) is 97.6 Å². The molecule has 0 saturated heterocycles. The summed E-state index contributed by atoms with van der Waals surface area (Å²) in [5.74, 6) is 1.80. The highest BCUT2D eigenvalue weighted by molar-refractivity contribution is 7.84. The summed E-state index contributed by atoms with van der Waals surface area (Å²) in [6, 6.07) is 21.8. The number of anilines is 2. The zero-order chi connectivity index (χ0) is 43.2. The van der Waals surface area contributed by atoms with Crippen molar-refractivity contribution in [3.05, 3.63) is 108 Å². The Morgan fingerprint density at radius 2 is 1.13 bits per heavy atom. The van der Waals surface area contributed by atoms with Crippen LogP contribution < -0.4 is 20.9 Å². The molecule has 4 heterocycles. The van der Waals surface area contributed by atoms with Gasteiger partial charge in [0, 0.05) is 30.4 Å². The van der Waals surface area contributed by atoms with Gasteiger partial charge in [0.2, 0.25) is 0 Å². The lowest BCUT2D eigenvalue weighted by molar-refractivity contribution is 0.100.